The number of nitrogens with two attached hydrogens (primary N) is 1. The number of carbonyl (C=O) groups excluding carboxylic acids is 1. The molecular formula is C13H20N4O2. The molecule has 1 fully saturated rings. The fourth-order valence-electron chi connectivity index (χ4n) is 2.41. The summed E-state index contributed by atoms with van der Waals surface area (Å²) in [6, 6.07) is 0. The van der Waals surface area contributed by atoms with Gasteiger partial charge in [-0.25, -0.2) is 4.98 Å². The van der Waals surface area contributed by atoms with Gasteiger partial charge in [-0.15, -0.1) is 0 Å². The first-order chi connectivity index (χ1) is 8.91. The van der Waals surface area contributed by atoms with Crippen LogP contribution in [0.5, 0.6) is 0 Å². The van der Waals surface area contributed by atoms with E-state index in [1.807, 2.05) is 20.8 Å². The third-order valence-electron chi connectivity index (χ3n) is 4.04. The van der Waals surface area contributed by atoms with E-state index >= 15 is 0 Å². The Bertz CT molecular complexity index is 463. The normalized spacial score (nSPS) is 28.5. The van der Waals surface area contributed by atoms with Gasteiger partial charge >= 0.3 is 0 Å². The van der Waals surface area contributed by atoms with Gasteiger partial charge in [-0.1, -0.05) is 13.8 Å². The van der Waals surface area contributed by atoms with Crippen LogP contribution >= 0.6 is 0 Å². The molecule has 2 unspecified atom stereocenters. The highest BCUT2D eigenvalue weighted by molar-refractivity contribution is 5.99. The van der Waals surface area contributed by atoms with E-state index in [1.165, 1.54) is 12.4 Å². The van der Waals surface area contributed by atoms with E-state index in [4.69, 9.17) is 10.5 Å². The third-order valence-corrected chi connectivity index (χ3v) is 4.04. The average Bonchev–Trinajstić information content (AvgIpc) is 2.39. The molecular weight excluding hydrogens is 244 g/mol. The molecule has 1 saturated carbocycles. The van der Waals surface area contributed by atoms with E-state index in [0.29, 0.717) is 18.8 Å². The molecule has 3 N–H and O–H groups in total. The smallest absolute Gasteiger partial charge is 0.246 e. The summed E-state index contributed by atoms with van der Waals surface area (Å²) in [5.41, 5.74) is 4.90. The molecule has 1 aromatic heterocycles. The molecule has 0 aromatic carbocycles. The van der Waals surface area contributed by atoms with Gasteiger partial charge < -0.3 is 15.8 Å². The minimum Gasteiger partial charge on any atom is -0.378 e. The first-order valence-corrected chi connectivity index (χ1v) is 6.39. The highest BCUT2D eigenvalue weighted by Crippen LogP contribution is 2.50. The molecule has 0 bridgehead atoms. The van der Waals surface area contributed by atoms with Crippen LogP contribution < -0.4 is 11.1 Å². The van der Waals surface area contributed by atoms with Crippen molar-refractivity contribution in [1.29, 1.82) is 0 Å². The number of carbonyl (C=O) groups is 1. The number of amides is 1. The maximum atomic E-state index is 12.3. The average molecular weight is 264 g/mol. The minimum atomic E-state index is -0.940. The molecule has 6 heteroatoms. The fraction of sp³-hybridized carbons (Fsp3) is 0.615. The van der Waals surface area contributed by atoms with E-state index in [2.05, 4.69) is 15.3 Å². The summed E-state index contributed by atoms with van der Waals surface area (Å²) in [5, 5.41) is 2.71. The highest BCUT2D eigenvalue weighted by atomic mass is 16.5. The van der Waals surface area contributed by atoms with Gasteiger partial charge in [0.1, 0.15) is 5.54 Å². The molecule has 2 rings (SSSR count). The van der Waals surface area contributed by atoms with Crippen molar-refractivity contribution in [3.05, 3.63) is 18.6 Å². The number of hydrogen-bond acceptors (Lipinski definition) is 5. The Kier molecular flexibility index (Phi) is 3.56. The lowest BCUT2D eigenvalue weighted by atomic mass is 9.54. The van der Waals surface area contributed by atoms with Gasteiger partial charge in [0.25, 0.3) is 0 Å². The van der Waals surface area contributed by atoms with Crippen molar-refractivity contribution in [2.24, 2.45) is 11.1 Å². The summed E-state index contributed by atoms with van der Waals surface area (Å²) in [5.74, 6) is 0.168. The van der Waals surface area contributed by atoms with E-state index in [1.54, 1.807) is 6.20 Å². The van der Waals surface area contributed by atoms with Crippen molar-refractivity contribution in [2.45, 2.75) is 38.8 Å². The van der Waals surface area contributed by atoms with E-state index in [0.717, 1.165) is 0 Å². The standard InChI is InChI=1S/C13H20N4O2/c1-4-19-9-7-13(14,12(9,2)3)11(18)17-10-8-15-5-6-16-10/h5-6,8-9H,4,7,14H2,1-3H3,(H,16,17,18). The van der Waals surface area contributed by atoms with Gasteiger partial charge in [0.2, 0.25) is 5.91 Å². The second-order valence-electron chi connectivity index (χ2n) is 5.39. The van der Waals surface area contributed by atoms with E-state index in [-0.39, 0.29) is 12.0 Å². The molecule has 1 amide bonds. The summed E-state index contributed by atoms with van der Waals surface area (Å²) in [6.07, 6.45) is 5.09. The number of nitrogens with zero attached hydrogens (tertiary/aromatic N) is 2. The van der Waals surface area contributed by atoms with Crippen LogP contribution in [0.1, 0.15) is 27.2 Å². The number of anilines is 1. The van der Waals surface area contributed by atoms with Crippen LogP contribution in [0, 0.1) is 5.41 Å². The molecule has 1 aliphatic carbocycles. The van der Waals surface area contributed by atoms with Crippen LogP contribution in [0.3, 0.4) is 0 Å². The fourth-order valence-corrected chi connectivity index (χ4v) is 2.41. The summed E-state index contributed by atoms with van der Waals surface area (Å²) in [6.45, 7) is 6.46. The SMILES string of the molecule is CCOC1CC(N)(C(=O)Nc2cnccn2)C1(C)C. The number of rotatable bonds is 4. The quantitative estimate of drug-likeness (QED) is 0.845. The molecule has 104 valence electrons. The van der Waals surface area contributed by atoms with Gasteiger partial charge in [-0.05, 0) is 6.92 Å². The van der Waals surface area contributed by atoms with Crippen LogP contribution in [-0.2, 0) is 9.53 Å². The first kappa shape index (κ1) is 13.9. The number of ether oxygens (including phenoxy) is 1. The van der Waals surface area contributed by atoms with Gasteiger partial charge in [-0.3, -0.25) is 9.78 Å². The van der Waals surface area contributed by atoms with E-state index in [9.17, 15) is 4.79 Å². The Morgan fingerprint density at radius 1 is 1.58 bits per heavy atom. The molecule has 2 atom stereocenters. The summed E-state index contributed by atoms with van der Waals surface area (Å²) < 4.78 is 5.60. The van der Waals surface area contributed by atoms with Crippen LogP contribution in [0.15, 0.2) is 18.6 Å². The highest BCUT2D eigenvalue weighted by Gasteiger charge is 2.62. The Balaban J connectivity index is 2.08. The minimum absolute atomic E-state index is 0.00936. The molecule has 1 aliphatic rings. The van der Waals surface area contributed by atoms with Crippen LogP contribution in [0.4, 0.5) is 5.82 Å². The Labute approximate surface area is 112 Å². The lowest BCUT2D eigenvalue weighted by Crippen LogP contribution is -2.74. The number of nitrogens with one attached hydrogen (secondary N) is 1. The van der Waals surface area contributed by atoms with Crippen LogP contribution in [-0.4, -0.2) is 34.1 Å². The van der Waals surface area contributed by atoms with Crippen LogP contribution in [0.2, 0.25) is 0 Å². The lowest BCUT2D eigenvalue weighted by Gasteiger charge is -2.57. The molecule has 0 saturated heterocycles. The van der Waals surface area contributed by atoms with Crippen molar-refractivity contribution in [3.63, 3.8) is 0 Å². The summed E-state index contributed by atoms with van der Waals surface area (Å²) in [4.78, 5) is 20.2. The zero-order valence-corrected chi connectivity index (χ0v) is 11.5. The molecule has 0 aliphatic heterocycles. The Morgan fingerprint density at radius 3 is 2.84 bits per heavy atom. The number of aromatic nitrogens is 2. The second-order valence-corrected chi connectivity index (χ2v) is 5.39. The molecule has 1 aromatic rings. The van der Waals surface area contributed by atoms with Crippen molar-refractivity contribution >= 4 is 11.7 Å². The van der Waals surface area contributed by atoms with Crippen molar-refractivity contribution in [3.8, 4) is 0 Å². The van der Waals surface area contributed by atoms with Gasteiger partial charge in [0, 0.05) is 30.8 Å². The molecule has 19 heavy (non-hydrogen) atoms. The van der Waals surface area contributed by atoms with Crippen molar-refractivity contribution in [2.75, 3.05) is 11.9 Å². The molecule has 1 heterocycles. The van der Waals surface area contributed by atoms with Gasteiger partial charge in [0.15, 0.2) is 5.82 Å². The van der Waals surface area contributed by atoms with Gasteiger partial charge in [-0.2, -0.15) is 0 Å². The maximum absolute atomic E-state index is 12.3. The monoisotopic (exact) mass is 264 g/mol. The van der Waals surface area contributed by atoms with Crippen molar-refractivity contribution in [1.82, 2.24) is 9.97 Å². The Morgan fingerprint density at radius 2 is 2.32 bits per heavy atom. The maximum Gasteiger partial charge on any atom is 0.246 e. The summed E-state index contributed by atoms with van der Waals surface area (Å²) in [7, 11) is 0. The summed E-state index contributed by atoms with van der Waals surface area (Å²) >= 11 is 0. The molecule has 6 nitrogen and oxygen atoms in total. The third kappa shape index (κ3) is 2.21. The molecule has 0 radical (unpaired) electrons. The van der Waals surface area contributed by atoms with Crippen LogP contribution in [0.25, 0.3) is 0 Å². The van der Waals surface area contributed by atoms with E-state index < -0.39 is 11.0 Å². The second kappa shape index (κ2) is 4.86. The van der Waals surface area contributed by atoms with Gasteiger partial charge in [0.05, 0.1) is 12.3 Å². The number of hydrogen-bond donors (Lipinski definition) is 2. The van der Waals surface area contributed by atoms with Crippen molar-refractivity contribution < 1.29 is 9.53 Å². The first-order valence-electron chi connectivity index (χ1n) is 6.39. The lowest BCUT2D eigenvalue weighted by molar-refractivity contribution is -0.166. The topological polar surface area (TPSA) is 90.1 Å². The largest absolute Gasteiger partial charge is 0.378 e. The predicted molar refractivity (Wildman–Crippen MR) is 71.4 cm³/mol. The Hall–Kier alpha value is -1.53. The molecule has 0 spiro atoms. The zero-order valence-electron chi connectivity index (χ0n) is 11.5. The zero-order chi connectivity index (χ0) is 14.1. The predicted octanol–water partition coefficient (Wildman–Crippen LogP) is 0.948.